The van der Waals surface area contributed by atoms with E-state index in [1.165, 1.54) is 11.8 Å². The summed E-state index contributed by atoms with van der Waals surface area (Å²) >= 11 is 0. The first-order valence-electron chi connectivity index (χ1n) is 4.52. The van der Waals surface area contributed by atoms with Crippen LogP contribution in [0.25, 0.3) is 0 Å². The Hall–Kier alpha value is -1.77. The third-order valence-corrected chi connectivity index (χ3v) is 1.95. The fourth-order valence-corrected chi connectivity index (χ4v) is 1.30. The SMILES string of the molecule is c1ccc2c(c1)CCO2.c1cnoc1. The highest BCUT2D eigenvalue weighted by Gasteiger charge is 2.08. The summed E-state index contributed by atoms with van der Waals surface area (Å²) in [6.45, 7) is 0.860. The molecule has 0 aliphatic carbocycles. The first kappa shape index (κ1) is 8.81. The van der Waals surface area contributed by atoms with Gasteiger partial charge in [-0.25, -0.2) is 0 Å². The first-order chi connectivity index (χ1) is 6.97. The first-order valence-corrected chi connectivity index (χ1v) is 4.52. The van der Waals surface area contributed by atoms with Gasteiger partial charge in [0, 0.05) is 6.42 Å². The van der Waals surface area contributed by atoms with E-state index in [0.717, 1.165) is 18.8 Å². The predicted octanol–water partition coefficient (Wildman–Crippen LogP) is 2.30. The van der Waals surface area contributed by atoms with Gasteiger partial charge in [-0.05, 0) is 17.7 Å². The molecule has 1 aromatic heterocycles. The van der Waals surface area contributed by atoms with Crippen LogP contribution in [-0.2, 0) is 6.42 Å². The zero-order chi connectivity index (χ0) is 9.64. The van der Waals surface area contributed by atoms with E-state index in [2.05, 4.69) is 15.7 Å². The van der Waals surface area contributed by atoms with Crippen LogP contribution in [0.4, 0.5) is 0 Å². The summed E-state index contributed by atoms with van der Waals surface area (Å²) in [7, 11) is 0. The molecule has 1 aliphatic rings. The lowest BCUT2D eigenvalue weighted by atomic mass is 10.2. The molecule has 2 heterocycles. The van der Waals surface area contributed by atoms with E-state index in [1.54, 1.807) is 12.3 Å². The van der Waals surface area contributed by atoms with Crippen molar-refractivity contribution in [1.82, 2.24) is 5.16 Å². The molecule has 72 valence electrons. The van der Waals surface area contributed by atoms with Gasteiger partial charge in [0.25, 0.3) is 0 Å². The zero-order valence-electron chi connectivity index (χ0n) is 7.72. The van der Waals surface area contributed by atoms with Crippen LogP contribution in [0.15, 0.2) is 47.3 Å². The zero-order valence-corrected chi connectivity index (χ0v) is 7.72. The molecular formula is C11H11NO2. The maximum absolute atomic E-state index is 5.30. The molecule has 0 amide bonds. The maximum Gasteiger partial charge on any atom is 0.123 e. The smallest absolute Gasteiger partial charge is 0.123 e. The van der Waals surface area contributed by atoms with E-state index in [1.807, 2.05) is 18.2 Å². The van der Waals surface area contributed by atoms with E-state index >= 15 is 0 Å². The highest BCUT2D eigenvalue weighted by Crippen LogP contribution is 2.23. The van der Waals surface area contributed by atoms with Crippen molar-refractivity contribution in [3.63, 3.8) is 0 Å². The number of para-hydroxylation sites is 1. The van der Waals surface area contributed by atoms with Crippen LogP contribution in [-0.4, -0.2) is 11.8 Å². The van der Waals surface area contributed by atoms with Gasteiger partial charge >= 0.3 is 0 Å². The lowest BCUT2D eigenvalue weighted by molar-refractivity contribution is 0.357. The monoisotopic (exact) mass is 189 g/mol. The van der Waals surface area contributed by atoms with Gasteiger partial charge in [-0.2, -0.15) is 0 Å². The van der Waals surface area contributed by atoms with Gasteiger partial charge < -0.3 is 9.26 Å². The second kappa shape index (κ2) is 4.46. The van der Waals surface area contributed by atoms with Gasteiger partial charge in [-0.15, -0.1) is 0 Å². The Balaban J connectivity index is 0.000000128. The van der Waals surface area contributed by atoms with Crippen LogP contribution in [0.2, 0.25) is 0 Å². The average molecular weight is 189 g/mol. The number of benzene rings is 1. The molecule has 1 aliphatic heterocycles. The van der Waals surface area contributed by atoms with Crippen LogP contribution >= 0.6 is 0 Å². The highest BCUT2D eigenvalue weighted by atomic mass is 16.5. The molecule has 0 unspecified atom stereocenters. The summed E-state index contributed by atoms with van der Waals surface area (Å²) in [6.07, 6.45) is 4.18. The van der Waals surface area contributed by atoms with Crippen molar-refractivity contribution in [2.24, 2.45) is 0 Å². The highest BCUT2D eigenvalue weighted by molar-refractivity contribution is 5.35. The second-order valence-corrected chi connectivity index (χ2v) is 2.89. The van der Waals surface area contributed by atoms with Crippen molar-refractivity contribution in [3.05, 3.63) is 48.4 Å². The van der Waals surface area contributed by atoms with Crippen molar-refractivity contribution in [2.75, 3.05) is 6.61 Å². The molecule has 3 rings (SSSR count). The number of ether oxygens (including phenoxy) is 1. The molecule has 1 aromatic carbocycles. The summed E-state index contributed by atoms with van der Waals surface area (Å²) < 4.78 is 9.63. The molecule has 0 saturated heterocycles. The van der Waals surface area contributed by atoms with Crippen LogP contribution in [0.5, 0.6) is 5.75 Å². The van der Waals surface area contributed by atoms with Gasteiger partial charge in [0.2, 0.25) is 0 Å². The van der Waals surface area contributed by atoms with Gasteiger partial charge in [-0.3, -0.25) is 0 Å². The third-order valence-electron chi connectivity index (χ3n) is 1.95. The Kier molecular flexibility index (Phi) is 2.81. The summed E-state index contributed by atoms with van der Waals surface area (Å²) in [5.41, 5.74) is 1.34. The lowest BCUT2D eigenvalue weighted by Gasteiger charge is -1.93. The van der Waals surface area contributed by atoms with Crippen molar-refractivity contribution in [1.29, 1.82) is 0 Å². The van der Waals surface area contributed by atoms with Crippen molar-refractivity contribution in [3.8, 4) is 5.75 Å². The Morgan fingerprint density at radius 2 is 2.07 bits per heavy atom. The van der Waals surface area contributed by atoms with Crippen LogP contribution in [0.1, 0.15) is 5.56 Å². The average Bonchev–Trinajstić information content (AvgIpc) is 2.92. The summed E-state index contributed by atoms with van der Waals surface area (Å²) in [6, 6.07) is 9.91. The van der Waals surface area contributed by atoms with Crippen molar-refractivity contribution >= 4 is 0 Å². The molecule has 0 bridgehead atoms. The summed E-state index contributed by atoms with van der Waals surface area (Å²) in [5, 5.41) is 3.35. The van der Waals surface area contributed by atoms with E-state index < -0.39 is 0 Å². The number of aromatic nitrogens is 1. The molecule has 3 nitrogen and oxygen atoms in total. The van der Waals surface area contributed by atoms with Gasteiger partial charge in [0.1, 0.15) is 12.0 Å². The van der Waals surface area contributed by atoms with Gasteiger partial charge in [-0.1, -0.05) is 23.4 Å². The van der Waals surface area contributed by atoms with Gasteiger partial charge in [0.05, 0.1) is 12.8 Å². The molecule has 3 heteroatoms. The third kappa shape index (κ3) is 2.13. The predicted molar refractivity (Wildman–Crippen MR) is 52.1 cm³/mol. The van der Waals surface area contributed by atoms with Gasteiger partial charge in [0.15, 0.2) is 0 Å². The molecule has 0 saturated carbocycles. The minimum absolute atomic E-state index is 0.860. The fourth-order valence-electron chi connectivity index (χ4n) is 1.30. The second-order valence-electron chi connectivity index (χ2n) is 2.89. The Labute approximate surface area is 82.3 Å². The number of hydrogen-bond acceptors (Lipinski definition) is 3. The minimum atomic E-state index is 0.860. The molecule has 2 aromatic rings. The van der Waals surface area contributed by atoms with E-state index in [0.29, 0.717) is 0 Å². The molecular weight excluding hydrogens is 178 g/mol. The molecule has 0 atom stereocenters. The number of fused-ring (bicyclic) bond motifs is 1. The van der Waals surface area contributed by atoms with Crippen LogP contribution in [0.3, 0.4) is 0 Å². The number of nitrogens with zero attached hydrogens (tertiary/aromatic N) is 1. The molecule has 0 fully saturated rings. The largest absolute Gasteiger partial charge is 0.493 e. The van der Waals surface area contributed by atoms with Crippen molar-refractivity contribution < 1.29 is 9.26 Å². The Bertz CT molecular complexity index is 330. The normalized spacial score (nSPS) is 12.3. The summed E-state index contributed by atoms with van der Waals surface area (Å²) in [4.78, 5) is 0. The van der Waals surface area contributed by atoms with E-state index in [-0.39, 0.29) is 0 Å². The molecule has 0 N–H and O–H groups in total. The van der Waals surface area contributed by atoms with E-state index in [9.17, 15) is 0 Å². The molecule has 0 spiro atoms. The number of rotatable bonds is 0. The molecule has 14 heavy (non-hydrogen) atoms. The standard InChI is InChI=1S/C8H8O.C3H3NO/c1-2-4-8-7(3-1)5-6-9-8;1-2-4-5-3-1/h1-4H,5-6H2;1-3H. The molecule has 0 radical (unpaired) electrons. The fraction of sp³-hybridized carbons (Fsp3) is 0.182. The van der Waals surface area contributed by atoms with Crippen molar-refractivity contribution in [2.45, 2.75) is 6.42 Å². The van der Waals surface area contributed by atoms with E-state index in [4.69, 9.17) is 4.74 Å². The van der Waals surface area contributed by atoms with Crippen LogP contribution < -0.4 is 4.74 Å². The Morgan fingerprint density at radius 3 is 2.71 bits per heavy atom. The lowest BCUT2D eigenvalue weighted by Crippen LogP contribution is -1.85. The minimum Gasteiger partial charge on any atom is -0.493 e. The maximum atomic E-state index is 5.30. The summed E-state index contributed by atoms with van der Waals surface area (Å²) in [5.74, 6) is 1.07. The van der Waals surface area contributed by atoms with Crippen LogP contribution in [0, 0.1) is 0 Å². The Morgan fingerprint density at radius 1 is 1.14 bits per heavy atom. The quantitative estimate of drug-likeness (QED) is 0.637. The topological polar surface area (TPSA) is 35.3 Å². The number of hydrogen-bond donors (Lipinski definition) is 0.